The van der Waals surface area contributed by atoms with E-state index in [1.165, 1.54) is 11.3 Å². The highest BCUT2D eigenvalue weighted by atomic mass is 32.1. The number of aromatic nitrogens is 1. The van der Waals surface area contributed by atoms with Gasteiger partial charge in [0.2, 0.25) is 6.79 Å². The van der Waals surface area contributed by atoms with Gasteiger partial charge in [0, 0.05) is 23.1 Å². The standard InChI is InChI=1S/C16H14N2O3S/c1-2-12(16-17-7-8-22-16)18-15(19)6-4-11-3-5-13-14(9-11)21-10-20-13/h3,5,7-9,12H,2,10H2,1H3,(H,18,19)/t12-/m1/s1. The number of amides is 1. The van der Waals surface area contributed by atoms with E-state index in [-0.39, 0.29) is 18.7 Å². The van der Waals surface area contributed by atoms with Gasteiger partial charge in [-0.2, -0.15) is 0 Å². The van der Waals surface area contributed by atoms with E-state index in [1.807, 2.05) is 12.3 Å². The van der Waals surface area contributed by atoms with Crippen LogP contribution in [0.2, 0.25) is 0 Å². The first-order valence-corrected chi connectivity index (χ1v) is 7.76. The third kappa shape index (κ3) is 3.21. The Kier molecular flexibility index (Phi) is 4.26. The lowest BCUT2D eigenvalue weighted by Crippen LogP contribution is -2.26. The molecule has 2 aromatic rings. The topological polar surface area (TPSA) is 60.5 Å². The smallest absolute Gasteiger partial charge is 0.296 e. The molecule has 0 unspecified atom stereocenters. The van der Waals surface area contributed by atoms with Crippen LogP contribution in [0, 0.1) is 11.8 Å². The fourth-order valence-corrected chi connectivity index (χ4v) is 2.82. The van der Waals surface area contributed by atoms with E-state index in [1.54, 1.807) is 24.4 Å². The van der Waals surface area contributed by atoms with Crippen LogP contribution in [0.5, 0.6) is 11.5 Å². The van der Waals surface area contributed by atoms with Gasteiger partial charge in [0.15, 0.2) is 11.5 Å². The summed E-state index contributed by atoms with van der Waals surface area (Å²) in [5.41, 5.74) is 0.710. The second kappa shape index (κ2) is 6.50. The fourth-order valence-electron chi connectivity index (χ4n) is 2.04. The normalized spacial score (nSPS) is 13.1. The molecule has 0 fully saturated rings. The van der Waals surface area contributed by atoms with Crippen LogP contribution < -0.4 is 14.8 Å². The molecule has 0 saturated heterocycles. The molecule has 1 atom stereocenters. The van der Waals surface area contributed by atoms with E-state index in [0.717, 1.165) is 11.4 Å². The number of fused-ring (bicyclic) bond motifs is 1. The van der Waals surface area contributed by atoms with Gasteiger partial charge in [-0.3, -0.25) is 4.79 Å². The van der Waals surface area contributed by atoms with Crippen molar-refractivity contribution in [2.24, 2.45) is 0 Å². The minimum Gasteiger partial charge on any atom is -0.454 e. The Balaban J connectivity index is 1.67. The first-order valence-electron chi connectivity index (χ1n) is 6.88. The quantitative estimate of drug-likeness (QED) is 0.884. The van der Waals surface area contributed by atoms with Gasteiger partial charge < -0.3 is 14.8 Å². The summed E-state index contributed by atoms with van der Waals surface area (Å²) >= 11 is 1.52. The number of thiazole rings is 1. The van der Waals surface area contributed by atoms with E-state index in [2.05, 4.69) is 22.1 Å². The maximum absolute atomic E-state index is 12.0. The summed E-state index contributed by atoms with van der Waals surface area (Å²) in [4.78, 5) is 16.2. The average Bonchev–Trinajstić information content (AvgIpc) is 3.21. The molecule has 0 spiro atoms. The summed E-state index contributed by atoms with van der Waals surface area (Å²) in [5.74, 6) is 6.46. The van der Waals surface area contributed by atoms with E-state index in [0.29, 0.717) is 17.1 Å². The molecule has 6 heteroatoms. The number of ether oxygens (including phenoxy) is 2. The predicted molar refractivity (Wildman–Crippen MR) is 82.7 cm³/mol. The molecule has 22 heavy (non-hydrogen) atoms. The number of benzene rings is 1. The fraction of sp³-hybridized carbons (Fsp3) is 0.250. The minimum atomic E-state index is -0.320. The number of nitrogens with one attached hydrogen (secondary N) is 1. The molecule has 0 radical (unpaired) electrons. The zero-order valence-electron chi connectivity index (χ0n) is 12.0. The van der Waals surface area contributed by atoms with Gasteiger partial charge in [0.05, 0.1) is 6.04 Å². The van der Waals surface area contributed by atoms with Crippen molar-refractivity contribution >= 4 is 17.2 Å². The molecule has 1 aromatic heterocycles. The number of hydrogen-bond donors (Lipinski definition) is 1. The van der Waals surface area contributed by atoms with Crippen molar-refractivity contribution in [1.29, 1.82) is 0 Å². The van der Waals surface area contributed by atoms with Crippen LogP contribution in [0.1, 0.15) is 30.0 Å². The maximum Gasteiger partial charge on any atom is 0.296 e. The van der Waals surface area contributed by atoms with Gasteiger partial charge in [-0.15, -0.1) is 11.3 Å². The van der Waals surface area contributed by atoms with Crippen LogP contribution in [0.25, 0.3) is 0 Å². The van der Waals surface area contributed by atoms with Crippen LogP contribution in [0.4, 0.5) is 0 Å². The second-order valence-electron chi connectivity index (χ2n) is 4.62. The number of carbonyl (C=O) groups is 1. The van der Waals surface area contributed by atoms with Crippen molar-refractivity contribution < 1.29 is 14.3 Å². The SMILES string of the molecule is CC[C@@H](NC(=O)C#Cc1ccc2c(c1)OCO2)c1nccs1. The van der Waals surface area contributed by atoms with Crippen LogP contribution in [0.3, 0.4) is 0 Å². The molecular formula is C16H14N2O3S. The first-order chi connectivity index (χ1) is 10.8. The molecule has 1 N–H and O–H groups in total. The van der Waals surface area contributed by atoms with Crippen LogP contribution >= 0.6 is 11.3 Å². The van der Waals surface area contributed by atoms with Gasteiger partial charge in [-0.05, 0) is 24.6 Å². The van der Waals surface area contributed by atoms with E-state index < -0.39 is 0 Å². The monoisotopic (exact) mass is 314 g/mol. The molecule has 1 amide bonds. The van der Waals surface area contributed by atoms with E-state index >= 15 is 0 Å². The molecule has 1 aromatic carbocycles. The summed E-state index contributed by atoms with van der Waals surface area (Å²) in [6.45, 7) is 2.22. The molecule has 3 rings (SSSR count). The largest absolute Gasteiger partial charge is 0.454 e. The zero-order valence-corrected chi connectivity index (χ0v) is 12.8. The van der Waals surface area contributed by atoms with Gasteiger partial charge >= 0.3 is 0 Å². The van der Waals surface area contributed by atoms with Crippen molar-refractivity contribution in [3.63, 3.8) is 0 Å². The number of hydrogen-bond acceptors (Lipinski definition) is 5. The summed E-state index contributed by atoms with van der Waals surface area (Å²) in [6.07, 6.45) is 2.50. The van der Waals surface area contributed by atoms with Crippen molar-refractivity contribution in [2.45, 2.75) is 19.4 Å². The summed E-state index contributed by atoms with van der Waals surface area (Å²) in [7, 11) is 0. The Morgan fingerprint density at radius 2 is 2.32 bits per heavy atom. The van der Waals surface area contributed by atoms with Crippen molar-refractivity contribution in [2.75, 3.05) is 6.79 Å². The molecule has 1 aliphatic heterocycles. The zero-order chi connectivity index (χ0) is 15.4. The van der Waals surface area contributed by atoms with Crippen molar-refractivity contribution in [3.8, 4) is 23.3 Å². The van der Waals surface area contributed by atoms with Crippen LogP contribution in [0.15, 0.2) is 29.8 Å². The highest BCUT2D eigenvalue weighted by Gasteiger charge is 2.14. The van der Waals surface area contributed by atoms with E-state index in [9.17, 15) is 4.79 Å². The third-order valence-electron chi connectivity index (χ3n) is 3.16. The van der Waals surface area contributed by atoms with E-state index in [4.69, 9.17) is 9.47 Å². The number of carbonyl (C=O) groups excluding carboxylic acids is 1. The third-order valence-corrected chi connectivity index (χ3v) is 4.05. The Labute approximate surface area is 132 Å². The molecule has 0 bridgehead atoms. The molecule has 5 nitrogen and oxygen atoms in total. The Morgan fingerprint density at radius 1 is 1.45 bits per heavy atom. The van der Waals surface area contributed by atoms with Crippen molar-refractivity contribution in [3.05, 3.63) is 40.3 Å². The lowest BCUT2D eigenvalue weighted by atomic mass is 10.2. The summed E-state index contributed by atoms with van der Waals surface area (Å²) < 4.78 is 10.5. The Hall–Kier alpha value is -2.52. The van der Waals surface area contributed by atoms with Gasteiger partial charge in [-0.1, -0.05) is 12.8 Å². The van der Waals surface area contributed by atoms with Crippen molar-refractivity contribution in [1.82, 2.24) is 10.3 Å². The Morgan fingerprint density at radius 3 is 3.09 bits per heavy atom. The predicted octanol–water partition coefficient (Wildman–Crippen LogP) is 2.49. The first kappa shape index (κ1) is 14.4. The van der Waals surface area contributed by atoms with Gasteiger partial charge in [-0.25, -0.2) is 4.98 Å². The van der Waals surface area contributed by atoms with Crippen LogP contribution in [-0.2, 0) is 4.79 Å². The van der Waals surface area contributed by atoms with Crippen LogP contribution in [-0.4, -0.2) is 17.7 Å². The molecule has 0 saturated carbocycles. The molecular weight excluding hydrogens is 300 g/mol. The summed E-state index contributed by atoms with van der Waals surface area (Å²) in [6, 6.07) is 5.25. The highest BCUT2D eigenvalue weighted by molar-refractivity contribution is 7.09. The summed E-state index contributed by atoms with van der Waals surface area (Å²) in [5, 5.41) is 5.65. The molecule has 1 aliphatic rings. The maximum atomic E-state index is 12.0. The van der Waals surface area contributed by atoms with Gasteiger partial charge in [0.1, 0.15) is 5.01 Å². The number of rotatable bonds is 3. The lowest BCUT2D eigenvalue weighted by molar-refractivity contribution is -0.116. The highest BCUT2D eigenvalue weighted by Crippen LogP contribution is 2.32. The van der Waals surface area contributed by atoms with Gasteiger partial charge in [0.25, 0.3) is 5.91 Å². The second-order valence-corrected chi connectivity index (χ2v) is 5.55. The molecule has 0 aliphatic carbocycles. The lowest BCUT2D eigenvalue weighted by Gasteiger charge is -2.11. The number of nitrogens with zero attached hydrogens (tertiary/aromatic N) is 1. The molecule has 112 valence electrons. The Bertz CT molecular complexity index is 732. The average molecular weight is 314 g/mol. The molecule has 2 heterocycles. The minimum absolute atomic E-state index is 0.0986.